The molecule has 1 fully saturated rings. The lowest BCUT2D eigenvalue weighted by Crippen LogP contribution is -2.46. The summed E-state index contributed by atoms with van der Waals surface area (Å²) in [6, 6.07) is 2.08. The van der Waals surface area contributed by atoms with Crippen LogP contribution in [0.5, 0.6) is 0 Å². The topological polar surface area (TPSA) is 46.3 Å². The van der Waals surface area contributed by atoms with Gasteiger partial charge in [0.05, 0.1) is 9.20 Å². The summed E-state index contributed by atoms with van der Waals surface area (Å²) in [6.07, 6.45) is 6.61. The number of nitrogens with zero attached hydrogens (tertiary/aromatic N) is 1. The quantitative estimate of drug-likeness (QED) is 0.832. The molecule has 0 saturated heterocycles. The molecule has 1 aromatic heterocycles. The van der Waals surface area contributed by atoms with Crippen LogP contribution in [0.2, 0.25) is 0 Å². The Bertz CT molecular complexity index is 452. The lowest BCUT2D eigenvalue weighted by Gasteiger charge is -2.34. The van der Waals surface area contributed by atoms with E-state index in [1.54, 1.807) is 11.3 Å². The van der Waals surface area contributed by atoms with E-state index in [1.165, 1.54) is 18.4 Å². The second-order valence-corrected chi connectivity index (χ2v) is 8.11. The molecule has 0 aliphatic heterocycles. The van der Waals surface area contributed by atoms with Crippen LogP contribution in [0.15, 0.2) is 15.2 Å². The van der Waals surface area contributed by atoms with E-state index >= 15 is 0 Å². The maximum atomic E-state index is 12.9. The van der Waals surface area contributed by atoms with Crippen LogP contribution in [0.25, 0.3) is 0 Å². The van der Waals surface area contributed by atoms with Crippen molar-refractivity contribution in [1.29, 1.82) is 0 Å². The summed E-state index contributed by atoms with van der Waals surface area (Å²) < 4.78 is 1.11. The third-order valence-corrected chi connectivity index (χ3v) is 5.85. The van der Waals surface area contributed by atoms with Crippen molar-refractivity contribution < 1.29 is 4.79 Å². The molecule has 1 saturated carbocycles. The molecule has 0 radical (unpaired) electrons. The van der Waals surface area contributed by atoms with E-state index in [0.717, 1.165) is 29.5 Å². The Balaban J connectivity index is 2.06. The second kappa shape index (κ2) is 7.05. The normalized spacial score (nSPS) is 18.6. The van der Waals surface area contributed by atoms with Crippen molar-refractivity contribution in [2.75, 3.05) is 13.6 Å². The molecule has 1 aliphatic carbocycles. The lowest BCUT2D eigenvalue weighted by atomic mass is 9.79. The summed E-state index contributed by atoms with van der Waals surface area (Å²) in [4.78, 5) is 14.7. The number of halogens is 1. The van der Waals surface area contributed by atoms with E-state index in [1.807, 2.05) is 11.9 Å². The highest BCUT2D eigenvalue weighted by atomic mass is 79.9. The molecule has 0 unspecified atom stereocenters. The Labute approximate surface area is 133 Å². The SMILES string of the molecule is CN(Cc1csc(Br)c1)C(=O)C1(CN)CCCCCC1. The van der Waals surface area contributed by atoms with E-state index < -0.39 is 0 Å². The van der Waals surface area contributed by atoms with Crippen LogP contribution in [0.3, 0.4) is 0 Å². The molecule has 1 amide bonds. The maximum Gasteiger partial charge on any atom is 0.230 e. The van der Waals surface area contributed by atoms with Crippen molar-refractivity contribution in [1.82, 2.24) is 4.90 Å². The van der Waals surface area contributed by atoms with Crippen molar-refractivity contribution in [3.05, 3.63) is 20.8 Å². The Morgan fingerprint density at radius 2 is 2.05 bits per heavy atom. The van der Waals surface area contributed by atoms with Crippen LogP contribution in [-0.4, -0.2) is 24.4 Å². The molecule has 20 heavy (non-hydrogen) atoms. The number of nitrogens with two attached hydrogens (primary N) is 1. The molecule has 1 aromatic rings. The van der Waals surface area contributed by atoms with Crippen molar-refractivity contribution in [3.8, 4) is 0 Å². The summed E-state index contributed by atoms with van der Waals surface area (Å²) in [6.45, 7) is 1.15. The van der Waals surface area contributed by atoms with Gasteiger partial charge in [0.1, 0.15) is 0 Å². The molecular formula is C15H23BrN2OS. The van der Waals surface area contributed by atoms with Gasteiger partial charge in [-0.1, -0.05) is 25.7 Å². The minimum absolute atomic E-state index is 0.226. The molecule has 0 spiro atoms. The third-order valence-electron chi connectivity index (χ3n) is 4.29. The minimum Gasteiger partial charge on any atom is -0.341 e. The predicted molar refractivity (Wildman–Crippen MR) is 87.7 cm³/mol. The number of thiophene rings is 1. The van der Waals surface area contributed by atoms with Gasteiger partial charge in [-0.2, -0.15) is 0 Å². The number of amides is 1. The predicted octanol–water partition coefficient (Wildman–Crippen LogP) is 3.77. The van der Waals surface area contributed by atoms with Gasteiger partial charge < -0.3 is 10.6 Å². The van der Waals surface area contributed by atoms with Crippen molar-refractivity contribution in [2.24, 2.45) is 11.1 Å². The monoisotopic (exact) mass is 358 g/mol. The molecule has 0 atom stereocenters. The zero-order valence-electron chi connectivity index (χ0n) is 12.0. The van der Waals surface area contributed by atoms with Gasteiger partial charge in [0.25, 0.3) is 0 Å². The molecule has 112 valence electrons. The van der Waals surface area contributed by atoms with Gasteiger partial charge in [-0.15, -0.1) is 11.3 Å². The maximum absolute atomic E-state index is 12.9. The van der Waals surface area contributed by atoms with E-state index in [0.29, 0.717) is 13.1 Å². The highest BCUT2D eigenvalue weighted by Gasteiger charge is 2.39. The molecule has 3 nitrogen and oxygen atoms in total. The Morgan fingerprint density at radius 1 is 1.40 bits per heavy atom. The van der Waals surface area contributed by atoms with Crippen molar-refractivity contribution in [3.63, 3.8) is 0 Å². The first kappa shape index (κ1) is 16.0. The zero-order chi connectivity index (χ0) is 14.6. The standard InChI is InChI=1S/C15H23BrN2OS/c1-18(9-12-8-13(16)20-10-12)14(19)15(11-17)6-4-2-3-5-7-15/h8,10H,2-7,9,11,17H2,1H3. The molecule has 1 heterocycles. The number of hydrogen-bond acceptors (Lipinski definition) is 3. The first-order chi connectivity index (χ1) is 9.57. The van der Waals surface area contributed by atoms with Crippen molar-refractivity contribution >= 4 is 33.2 Å². The summed E-state index contributed by atoms with van der Waals surface area (Å²) in [5.41, 5.74) is 6.85. The van der Waals surface area contributed by atoms with Crippen LogP contribution in [0, 0.1) is 5.41 Å². The Morgan fingerprint density at radius 3 is 2.55 bits per heavy atom. The van der Waals surface area contributed by atoms with Crippen molar-refractivity contribution in [2.45, 2.75) is 45.1 Å². The average Bonchev–Trinajstić information content (AvgIpc) is 2.71. The van der Waals surface area contributed by atoms with Crippen LogP contribution < -0.4 is 5.73 Å². The van der Waals surface area contributed by atoms with Crippen LogP contribution in [0.1, 0.15) is 44.1 Å². The molecule has 5 heteroatoms. The average molecular weight is 359 g/mol. The smallest absolute Gasteiger partial charge is 0.230 e. The van der Waals surface area contributed by atoms with Crippen LogP contribution >= 0.6 is 27.3 Å². The molecule has 1 aliphatic rings. The van der Waals surface area contributed by atoms with E-state index in [9.17, 15) is 4.79 Å². The fourth-order valence-corrected chi connectivity index (χ4v) is 4.29. The Kier molecular flexibility index (Phi) is 5.64. The van der Waals surface area contributed by atoms with Gasteiger partial charge in [-0.3, -0.25) is 4.79 Å². The molecule has 0 bridgehead atoms. The number of rotatable bonds is 4. The molecular weight excluding hydrogens is 336 g/mol. The number of carbonyl (C=O) groups is 1. The highest BCUT2D eigenvalue weighted by molar-refractivity contribution is 9.11. The zero-order valence-corrected chi connectivity index (χ0v) is 14.4. The van der Waals surface area contributed by atoms with Gasteiger partial charge in [-0.25, -0.2) is 0 Å². The van der Waals surface area contributed by atoms with Gasteiger partial charge >= 0.3 is 0 Å². The third kappa shape index (κ3) is 3.62. The summed E-state index contributed by atoms with van der Waals surface area (Å²) >= 11 is 5.12. The molecule has 2 rings (SSSR count). The van der Waals surface area contributed by atoms with E-state index in [4.69, 9.17) is 5.73 Å². The van der Waals surface area contributed by atoms with E-state index in [-0.39, 0.29) is 11.3 Å². The van der Waals surface area contributed by atoms with Crippen LogP contribution in [-0.2, 0) is 11.3 Å². The van der Waals surface area contributed by atoms with Gasteiger partial charge in [0, 0.05) is 20.1 Å². The Hall–Kier alpha value is -0.390. The summed E-state index contributed by atoms with van der Waals surface area (Å²) in [5, 5.41) is 2.09. The van der Waals surface area contributed by atoms with Gasteiger partial charge in [0.2, 0.25) is 5.91 Å². The highest BCUT2D eigenvalue weighted by Crippen LogP contribution is 2.36. The first-order valence-corrected chi connectivity index (χ1v) is 8.93. The fourth-order valence-electron chi connectivity index (χ4n) is 3.09. The lowest BCUT2D eigenvalue weighted by molar-refractivity contribution is -0.141. The first-order valence-electron chi connectivity index (χ1n) is 7.26. The van der Waals surface area contributed by atoms with Gasteiger partial charge in [-0.05, 0) is 45.8 Å². The molecule has 2 N–H and O–H groups in total. The van der Waals surface area contributed by atoms with Gasteiger partial charge in [0.15, 0.2) is 0 Å². The van der Waals surface area contributed by atoms with Crippen LogP contribution in [0.4, 0.5) is 0 Å². The largest absolute Gasteiger partial charge is 0.341 e. The van der Waals surface area contributed by atoms with E-state index in [2.05, 4.69) is 27.4 Å². The number of carbonyl (C=O) groups excluding carboxylic acids is 1. The fraction of sp³-hybridized carbons (Fsp3) is 0.667. The molecule has 0 aromatic carbocycles. The minimum atomic E-state index is -0.321. The summed E-state index contributed by atoms with van der Waals surface area (Å²) in [5.74, 6) is 0.226. The number of hydrogen-bond donors (Lipinski definition) is 1. The second-order valence-electron chi connectivity index (χ2n) is 5.82. The summed E-state index contributed by atoms with van der Waals surface area (Å²) in [7, 11) is 1.90.